The molecule has 0 spiro atoms. The van der Waals surface area contributed by atoms with Crippen molar-refractivity contribution >= 4 is 0 Å². The van der Waals surface area contributed by atoms with Crippen LogP contribution in [0.2, 0.25) is 0 Å². The fourth-order valence-corrected chi connectivity index (χ4v) is 2.83. The SMILES string of the molecule is CCOc1ccccc1C(C#N)(CC(C)C)Cn1cncn1. The van der Waals surface area contributed by atoms with Crippen LogP contribution in [0.4, 0.5) is 0 Å². The van der Waals surface area contributed by atoms with Crippen LogP contribution in [-0.4, -0.2) is 21.4 Å². The molecule has 116 valence electrons. The van der Waals surface area contributed by atoms with Gasteiger partial charge in [-0.25, -0.2) is 4.98 Å². The Labute approximate surface area is 131 Å². The molecule has 5 heteroatoms. The molecule has 1 aromatic heterocycles. The van der Waals surface area contributed by atoms with Crippen LogP contribution in [0.5, 0.6) is 5.75 Å². The average molecular weight is 298 g/mol. The van der Waals surface area contributed by atoms with Gasteiger partial charge in [-0.2, -0.15) is 10.4 Å². The van der Waals surface area contributed by atoms with Gasteiger partial charge >= 0.3 is 0 Å². The summed E-state index contributed by atoms with van der Waals surface area (Å²) in [5, 5.41) is 14.2. The summed E-state index contributed by atoms with van der Waals surface area (Å²) < 4.78 is 7.47. The summed E-state index contributed by atoms with van der Waals surface area (Å²) in [4.78, 5) is 3.98. The topological polar surface area (TPSA) is 63.7 Å². The zero-order chi connectivity index (χ0) is 16.0. The molecule has 1 atom stereocenters. The van der Waals surface area contributed by atoms with E-state index < -0.39 is 5.41 Å². The molecule has 0 fully saturated rings. The van der Waals surface area contributed by atoms with Gasteiger partial charge in [0, 0.05) is 5.56 Å². The molecule has 22 heavy (non-hydrogen) atoms. The normalized spacial score (nSPS) is 13.6. The molecular formula is C17H22N4O. The number of aromatic nitrogens is 3. The maximum absolute atomic E-state index is 10.0. The van der Waals surface area contributed by atoms with Crippen molar-refractivity contribution in [3.05, 3.63) is 42.5 Å². The minimum Gasteiger partial charge on any atom is -0.494 e. The molecule has 5 nitrogen and oxygen atoms in total. The van der Waals surface area contributed by atoms with Crippen LogP contribution < -0.4 is 4.74 Å². The maximum atomic E-state index is 10.0. The van der Waals surface area contributed by atoms with Crippen molar-refractivity contribution in [3.8, 4) is 11.8 Å². The summed E-state index contributed by atoms with van der Waals surface area (Å²) in [5.74, 6) is 1.14. The largest absolute Gasteiger partial charge is 0.494 e. The van der Waals surface area contributed by atoms with Gasteiger partial charge in [0.05, 0.1) is 19.2 Å². The van der Waals surface area contributed by atoms with Gasteiger partial charge < -0.3 is 4.74 Å². The van der Waals surface area contributed by atoms with E-state index in [0.717, 1.165) is 17.7 Å². The summed E-state index contributed by atoms with van der Waals surface area (Å²) in [5.41, 5.74) is 0.233. The zero-order valence-corrected chi connectivity index (χ0v) is 13.4. The Morgan fingerprint density at radius 2 is 2.14 bits per heavy atom. The van der Waals surface area contributed by atoms with Gasteiger partial charge in [0.2, 0.25) is 0 Å². The third-order valence-corrected chi connectivity index (χ3v) is 3.57. The number of hydrogen-bond donors (Lipinski definition) is 0. The molecule has 1 aromatic carbocycles. The van der Waals surface area contributed by atoms with E-state index >= 15 is 0 Å². The lowest BCUT2D eigenvalue weighted by atomic mass is 9.75. The van der Waals surface area contributed by atoms with Gasteiger partial charge in [-0.3, -0.25) is 4.68 Å². The lowest BCUT2D eigenvalue weighted by Gasteiger charge is -2.30. The van der Waals surface area contributed by atoms with Crippen LogP contribution in [0.15, 0.2) is 36.9 Å². The Hall–Kier alpha value is -2.35. The number of nitrogens with zero attached hydrogens (tertiary/aromatic N) is 4. The highest BCUT2D eigenvalue weighted by atomic mass is 16.5. The van der Waals surface area contributed by atoms with E-state index in [2.05, 4.69) is 30.0 Å². The quantitative estimate of drug-likeness (QED) is 0.787. The monoisotopic (exact) mass is 298 g/mol. The molecule has 2 aromatic rings. The second-order valence-corrected chi connectivity index (χ2v) is 5.81. The Morgan fingerprint density at radius 1 is 1.36 bits per heavy atom. The minimum absolute atomic E-state index is 0.373. The molecule has 2 rings (SSSR count). The van der Waals surface area contributed by atoms with E-state index in [-0.39, 0.29) is 0 Å². The summed E-state index contributed by atoms with van der Waals surface area (Å²) in [6.07, 6.45) is 3.87. The van der Waals surface area contributed by atoms with E-state index in [1.807, 2.05) is 31.2 Å². The van der Waals surface area contributed by atoms with Crippen LogP contribution in [0.3, 0.4) is 0 Å². The first-order chi connectivity index (χ1) is 10.6. The molecule has 0 radical (unpaired) electrons. The van der Waals surface area contributed by atoms with Crippen LogP contribution in [-0.2, 0) is 12.0 Å². The number of para-hydroxylation sites is 1. The Kier molecular flexibility index (Phi) is 5.16. The molecule has 0 aliphatic heterocycles. The summed E-state index contributed by atoms with van der Waals surface area (Å²) in [7, 11) is 0. The van der Waals surface area contributed by atoms with E-state index in [0.29, 0.717) is 19.1 Å². The molecule has 1 unspecified atom stereocenters. The van der Waals surface area contributed by atoms with E-state index in [1.54, 1.807) is 11.0 Å². The number of nitriles is 1. The first kappa shape index (κ1) is 16.0. The average Bonchev–Trinajstić information content (AvgIpc) is 3.00. The second kappa shape index (κ2) is 7.08. The lowest BCUT2D eigenvalue weighted by molar-refractivity contribution is 0.307. The highest BCUT2D eigenvalue weighted by Gasteiger charge is 2.36. The maximum Gasteiger partial charge on any atom is 0.137 e. The summed E-state index contributed by atoms with van der Waals surface area (Å²) in [6.45, 7) is 7.23. The molecule has 0 bridgehead atoms. The summed E-state index contributed by atoms with van der Waals surface area (Å²) in [6, 6.07) is 10.3. The van der Waals surface area contributed by atoms with Gasteiger partial charge in [-0.05, 0) is 25.3 Å². The van der Waals surface area contributed by atoms with Crippen molar-refractivity contribution in [1.29, 1.82) is 5.26 Å². The Bertz CT molecular complexity index is 630. The Balaban J connectivity index is 2.50. The minimum atomic E-state index is -0.687. The van der Waals surface area contributed by atoms with Crippen molar-refractivity contribution in [2.45, 2.75) is 39.2 Å². The van der Waals surface area contributed by atoms with E-state index in [9.17, 15) is 5.26 Å². The zero-order valence-electron chi connectivity index (χ0n) is 13.4. The lowest BCUT2D eigenvalue weighted by Crippen LogP contribution is -2.32. The summed E-state index contributed by atoms with van der Waals surface area (Å²) >= 11 is 0. The van der Waals surface area contributed by atoms with Crippen LogP contribution in [0, 0.1) is 17.2 Å². The predicted molar refractivity (Wildman–Crippen MR) is 84.4 cm³/mol. The van der Waals surface area contributed by atoms with Crippen LogP contribution in [0.25, 0.3) is 0 Å². The molecule has 0 aliphatic rings. The molecule has 0 saturated carbocycles. The highest BCUT2D eigenvalue weighted by molar-refractivity contribution is 5.43. The Morgan fingerprint density at radius 3 is 2.73 bits per heavy atom. The van der Waals surface area contributed by atoms with Gasteiger partial charge in [-0.1, -0.05) is 32.0 Å². The second-order valence-electron chi connectivity index (χ2n) is 5.81. The third-order valence-electron chi connectivity index (χ3n) is 3.57. The van der Waals surface area contributed by atoms with Crippen molar-refractivity contribution in [2.75, 3.05) is 6.61 Å². The van der Waals surface area contributed by atoms with Crippen molar-refractivity contribution in [3.63, 3.8) is 0 Å². The first-order valence-corrected chi connectivity index (χ1v) is 7.57. The van der Waals surface area contributed by atoms with Gasteiger partial charge in [-0.15, -0.1) is 0 Å². The third kappa shape index (κ3) is 3.45. The molecule has 1 heterocycles. The number of hydrogen-bond acceptors (Lipinski definition) is 4. The van der Waals surface area contributed by atoms with Gasteiger partial charge in [0.15, 0.2) is 0 Å². The van der Waals surface area contributed by atoms with Gasteiger partial charge in [0.1, 0.15) is 23.8 Å². The van der Waals surface area contributed by atoms with Gasteiger partial charge in [0.25, 0.3) is 0 Å². The number of rotatable bonds is 7. The predicted octanol–water partition coefficient (Wildman–Crippen LogP) is 3.18. The molecule has 0 saturated heterocycles. The fourth-order valence-electron chi connectivity index (χ4n) is 2.83. The first-order valence-electron chi connectivity index (χ1n) is 7.57. The number of benzene rings is 1. The number of ether oxygens (including phenoxy) is 1. The molecule has 0 N–H and O–H groups in total. The van der Waals surface area contributed by atoms with Crippen LogP contribution >= 0.6 is 0 Å². The van der Waals surface area contributed by atoms with Crippen molar-refractivity contribution < 1.29 is 4.74 Å². The van der Waals surface area contributed by atoms with Crippen LogP contribution in [0.1, 0.15) is 32.8 Å². The standard InChI is InChI=1S/C17H22N4O/c1-4-22-16-8-6-5-7-15(16)17(10-18,9-14(2)3)11-21-13-19-12-20-21/h5-8,12-14H,4,9,11H2,1-3H3. The fraction of sp³-hybridized carbons (Fsp3) is 0.471. The highest BCUT2D eigenvalue weighted by Crippen LogP contribution is 2.38. The molecular weight excluding hydrogens is 276 g/mol. The smallest absolute Gasteiger partial charge is 0.137 e. The van der Waals surface area contributed by atoms with Crippen molar-refractivity contribution in [2.24, 2.45) is 5.92 Å². The molecule has 0 amide bonds. The van der Waals surface area contributed by atoms with Crippen molar-refractivity contribution in [1.82, 2.24) is 14.8 Å². The molecule has 0 aliphatic carbocycles. The van der Waals surface area contributed by atoms with E-state index in [4.69, 9.17) is 4.74 Å². The van der Waals surface area contributed by atoms with E-state index in [1.165, 1.54) is 6.33 Å².